The smallest absolute Gasteiger partial charge is 0.227 e. The van der Waals surface area contributed by atoms with Gasteiger partial charge in [-0.2, -0.15) is 0 Å². The summed E-state index contributed by atoms with van der Waals surface area (Å²) in [6.07, 6.45) is 1.76. The first-order chi connectivity index (χ1) is 9.24. The van der Waals surface area contributed by atoms with Crippen molar-refractivity contribution in [2.45, 2.75) is 12.8 Å². The molecule has 1 aliphatic heterocycles. The van der Waals surface area contributed by atoms with Gasteiger partial charge in [0, 0.05) is 12.0 Å². The molecule has 5 nitrogen and oxygen atoms in total. The summed E-state index contributed by atoms with van der Waals surface area (Å²) in [6, 6.07) is 5.37. The maximum absolute atomic E-state index is 12.2. The first-order valence-corrected chi connectivity index (χ1v) is 6.48. The number of amides is 1. The van der Waals surface area contributed by atoms with Gasteiger partial charge in [-0.25, -0.2) is 0 Å². The highest BCUT2D eigenvalue weighted by atomic mass is 16.5. The van der Waals surface area contributed by atoms with Crippen LogP contribution in [0.3, 0.4) is 0 Å². The van der Waals surface area contributed by atoms with Crippen LogP contribution in [0.4, 0.5) is 5.69 Å². The summed E-state index contributed by atoms with van der Waals surface area (Å²) in [5.74, 6) is 1.45. The van der Waals surface area contributed by atoms with Crippen molar-refractivity contribution in [1.82, 2.24) is 5.32 Å². The molecule has 0 atom stereocenters. The number of hydrogen-bond acceptors (Lipinski definition) is 4. The van der Waals surface area contributed by atoms with Crippen LogP contribution in [-0.4, -0.2) is 33.2 Å². The van der Waals surface area contributed by atoms with Crippen molar-refractivity contribution in [1.29, 1.82) is 0 Å². The third-order valence-corrected chi connectivity index (χ3v) is 3.38. The van der Waals surface area contributed by atoms with Crippen molar-refractivity contribution >= 4 is 11.6 Å². The molecule has 0 unspecified atom stereocenters. The topological polar surface area (TPSA) is 59.6 Å². The molecule has 0 aliphatic carbocycles. The fraction of sp³-hybridized carbons (Fsp3) is 0.500. The first kappa shape index (κ1) is 13.7. The second-order valence-electron chi connectivity index (χ2n) is 4.58. The standard InChI is InChI=1S/C14H20N2O3/c1-18-11-3-4-12(13(9-11)19-2)16-14(17)10-5-7-15-8-6-10/h3-4,9-10,15H,5-8H2,1-2H3,(H,16,17). The van der Waals surface area contributed by atoms with E-state index in [1.165, 1.54) is 0 Å². The number of hydrogen-bond donors (Lipinski definition) is 2. The lowest BCUT2D eigenvalue weighted by molar-refractivity contribution is -0.120. The van der Waals surface area contributed by atoms with Crippen molar-refractivity contribution < 1.29 is 14.3 Å². The van der Waals surface area contributed by atoms with Gasteiger partial charge >= 0.3 is 0 Å². The van der Waals surface area contributed by atoms with Gasteiger partial charge in [0.2, 0.25) is 5.91 Å². The minimum atomic E-state index is 0.0602. The largest absolute Gasteiger partial charge is 0.497 e. The van der Waals surface area contributed by atoms with Crippen molar-refractivity contribution in [2.24, 2.45) is 5.92 Å². The number of piperidine rings is 1. The summed E-state index contributed by atoms with van der Waals surface area (Å²) in [7, 11) is 3.18. The molecule has 0 radical (unpaired) electrons. The van der Waals surface area contributed by atoms with E-state index in [4.69, 9.17) is 9.47 Å². The van der Waals surface area contributed by atoms with E-state index in [0.717, 1.165) is 25.9 Å². The zero-order valence-corrected chi connectivity index (χ0v) is 11.4. The molecule has 1 aromatic rings. The van der Waals surface area contributed by atoms with Gasteiger partial charge in [-0.15, -0.1) is 0 Å². The maximum Gasteiger partial charge on any atom is 0.227 e. The minimum absolute atomic E-state index is 0.0602. The molecule has 104 valence electrons. The molecule has 1 saturated heterocycles. The van der Waals surface area contributed by atoms with Gasteiger partial charge in [-0.05, 0) is 38.1 Å². The Morgan fingerprint density at radius 1 is 1.26 bits per heavy atom. The summed E-state index contributed by atoms with van der Waals surface area (Å²) >= 11 is 0. The third kappa shape index (κ3) is 3.38. The lowest BCUT2D eigenvalue weighted by Crippen LogP contribution is -2.34. The Balaban J connectivity index is 2.07. The SMILES string of the molecule is COc1ccc(NC(=O)C2CCNCC2)c(OC)c1. The van der Waals surface area contributed by atoms with Crippen LogP contribution in [0.2, 0.25) is 0 Å². The Bertz CT molecular complexity index is 442. The molecule has 1 amide bonds. The molecule has 1 aliphatic rings. The molecule has 1 heterocycles. The molecule has 2 rings (SSSR count). The van der Waals surface area contributed by atoms with Gasteiger partial charge in [-0.1, -0.05) is 0 Å². The van der Waals surface area contributed by atoms with Crippen molar-refractivity contribution in [3.05, 3.63) is 18.2 Å². The van der Waals surface area contributed by atoms with Crippen molar-refractivity contribution in [2.75, 3.05) is 32.6 Å². The number of anilines is 1. The maximum atomic E-state index is 12.2. The Hall–Kier alpha value is -1.75. The lowest BCUT2D eigenvalue weighted by atomic mass is 9.97. The number of rotatable bonds is 4. The van der Waals surface area contributed by atoms with Gasteiger partial charge in [0.1, 0.15) is 11.5 Å². The summed E-state index contributed by atoms with van der Waals surface area (Å²) < 4.78 is 10.4. The van der Waals surface area contributed by atoms with Crippen molar-refractivity contribution in [3.8, 4) is 11.5 Å². The Kier molecular flexibility index (Phi) is 4.63. The fourth-order valence-electron chi connectivity index (χ4n) is 2.22. The Labute approximate surface area is 113 Å². The van der Waals surface area contributed by atoms with Gasteiger partial charge < -0.3 is 20.1 Å². The third-order valence-electron chi connectivity index (χ3n) is 3.38. The van der Waals surface area contributed by atoms with Gasteiger partial charge in [0.25, 0.3) is 0 Å². The quantitative estimate of drug-likeness (QED) is 0.868. The second-order valence-corrected chi connectivity index (χ2v) is 4.58. The predicted octanol–water partition coefficient (Wildman–Crippen LogP) is 1.64. The minimum Gasteiger partial charge on any atom is -0.497 e. The molecule has 5 heteroatoms. The molecule has 19 heavy (non-hydrogen) atoms. The normalized spacial score (nSPS) is 15.9. The molecule has 1 fully saturated rings. The highest BCUT2D eigenvalue weighted by molar-refractivity contribution is 5.94. The van der Waals surface area contributed by atoms with Crippen LogP contribution < -0.4 is 20.1 Å². The van der Waals surface area contributed by atoms with Crippen molar-refractivity contribution in [3.63, 3.8) is 0 Å². The van der Waals surface area contributed by atoms with E-state index in [-0.39, 0.29) is 11.8 Å². The molecular formula is C14H20N2O3. The molecule has 0 saturated carbocycles. The predicted molar refractivity (Wildman–Crippen MR) is 73.8 cm³/mol. The average molecular weight is 264 g/mol. The molecule has 0 spiro atoms. The van der Waals surface area contributed by atoms with Crippen LogP contribution in [0.1, 0.15) is 12.8 Å². The van der Waals surface area contributed by atoms with Crippen LogP contribution in [0, 0.1) is 5.92 Å². The van der Waals surface area contributed by atoms with E-state index in [0.29, 0.717) is 17.2 Å². The van der Waals surface area contributed by atoms with Crippen LogP contribution in [0.5, 0.6) is 11.5 Å². The molecule has 0 aromatic heterocycles. The second kappa shape index (κ2) is 6.43. The number of ether oxygens (including phenoxy) is 2. The summed E-state index contributed by atoms with van der Waals surface area (Å²) in [6.45, 7) is 1.80. The van der Waals surface area contributed by atoms with E-state index in [9.17, 15) is 4.79 Å². The van der Waals surface area contributed by atoms with Crippen LogP contribution >= 0.6 is 0 Å². The molecular weight excluding hydrogens is 244 g/mol. The zero-order valence-electron chi connectivity index (χ0n) is 11.4. The highest BCUT2D eigenvalue weighted by Gasteiger charge is 2.21. The van der Waals surface area contributed by atoms with E-state index < -0.39 is 0 Å². The van der Waals surface area contributed by atoms with E-state index >= 15 is 0 Å². The summed E-state index contributed by atoms with van der Waals surface area (Å²) in [5.41, 5.74) is 0.687. The van der Waals surface area contributed by atoms with Gasteiger partial charge in [0.05, 0.1) is 19.9 Å². The van der Waals surface area contributed by atoms with E-state index in [2.05, 4.69) is 10.6 Å². The van der Waals surface area contributed by atoms with Gasteiger partial charge in [-0.3, -0.25) is 4.79 Å². The highest BCUT2D eigenvalue weighted by Crippen LogP contribution is 2.29. The summed E-state index contributed by atoms with van der Waals surface area (Å²) in [5, 5.41) is 6.19. The van der Waals surface area contributed by atoms with E-state index in [1.54, 1.807) is 32.4 Å². The Morgan fingerprint density at radius 3 is 2.63 bits per heavy atom. The molecule has 2 N–H and O–H groups in total. The van der Waals surface area contributed by atoms with Crippen LogP contribution in [0.15, 0.2) is 18.2 Å². The lowest BCUT2D eigenvalue weighted by Gasteiger charge is -2.22. The van der Waals surface area contributed by atoms with Crippen LogP contribution in [-0.2, 0) is 4.79 Å². The number of carbonyl (C=O) groups is 1. The average Bonchev–Trinajstić information content (AvgIpc) is 2.48. The fourth-order valence-corrected chi connectivity index (χ4v) is 2.22. The van der Waals surface area contributed by atoms with Gasteiger partial charge in [0.15, 0.2) is 0 Å². The molecule has 0 bridgehead atoms. The zero-order chi connectivity index (χ0) is 13.7. The van der Waals surface area contributed by atoms with Crippen LogP contribution in [0.25, 0.3) is 0 Å². The first-order valence-electron chi connectivity index (χ1n) is 6.48. The monoisotopic (exact) mass is 264 g/mol. The number of nitrogens with one attached hydrogen (secondary N) is 2. The number of methoxy groups -OCH3 is 2. The van der Waals surface area contributed by atoms with E-state index in [1.807, 2.05) is 0 Å². The number of carbonyl (C=O) groups excluding carboxylic acids is 1. The Morgan fingerprint density at radius 2 is 2.00 bits per heavy atom. The summed E-state index contributed by atoms with van der Waals surface area (Å²) in [4.78, 5) is 12.2. The number of benzene rings is 1. The molecule has 1 aromatic carbocycles.